The van der Waals surface area contributed by atoms with Gasteiger partial charge in [-0.1, -0.05) is 0 Å². The van der Waals surface area contributed by atoms with Gasteiger partial charge in [0.1, 0.15) is 6.61 Å². The van der Waals surface area contributed by atoms with Crippen LogP contribution in [-0.4, -0.2) is 63.4 Å². The van der Waals surface area contributed by atoms with Gasteiger partial charge in [-0.2, -0.15) is 0 Å². The van der Waals surface area contributed by atoms with E-state index in [9.17, 15) is 4.79 Å². The van der Waals surface area contributed by atoms with Crippen LogP contribution in [0.1, 0.15) is 19.8 Å². The van der Waals surface area contributed by atoms with Crippen LogP contribution in [0.5, 0.6) is 0 Å². The van der Waals surface area contributed by atoms with Crippen molar-refractivity contribution in [3.8, 4) is 0 Å². The van der Waals surface area contributed by atoms with Gasteiger partial charge >= 0.3 is 0 Å². The maximum atomic E-state index is 11.9. The number of likely N-dealkylation sites (N-methyl/N-ethyl adjacent to an activating group) is 1. The fourth-order valence-electron chi connectivity index (χ4n) is 2.12. The van der Waals surface area contributed by atoms with Gasteiger partial charge in [0.05, 0.1) is 13.2 Å². The van der Waals surface area contributed by atoms with Gasteiger partial charge in [0.2, 0.25) is 5.91 Å². The minimum Gasteiger partial charge on any atom is -0.379 e. The van der Waals surface area contributed by atoms with Gasteiger partial charge in [-0.3, -0.25) is 4.79 Å². The molecule has 5 heteroatoms. The van der Waals surface area contributed by atoms with E-state index in [1.54, 1.807) is 0 Å². The lowest BCUT2D eigenvalue weighted by Crippen LogP contribution is -2.42. The fourth-order valence-corrected chi connectivity index (χ4v) is 2.12. The Morgan fingerprint density at radius 2 is 2.18 bits per heavy atom. The number of amides is 1. The third-order valence-electron chi connectivity index (χ3n) is 2.94. The molecule has 100 valence electrons. The van der Waals surface area contributed by atoms with Gasteiger partial charge < -0.3 is 19.7 Å². The molecule has 0 aromatic rings. The van der Waals surface area contributed by atoms with Gasteiger partial charge in [-0.05, 0) is 26.8 Å². The van der Waals surface area contributed by atoms with Crippen LogP contribution in [0.25, 0.3) is 0 Å². The van der Waals surface area contributed by atoms with Gasteiger partial charge in [0, 0.05) is 25.7 Å². The summed E-state index contributed by atoms with van der Waals surface area (Å²) in [5.74, 6) is 0.0965. The van der Waals surface area contributed by atoms with Crippen LogP contribution >= 0.6 is 0 Å². The molecule has 1 saturated heterocycles. The number of nitrogens with zero attached hydrogens (tertiary/aromatic N) is 1. The van der Waals surface area contributed by atoms with E-state index in [2.05, 4.69) is 5.32 Å². The first-order valence-corrected chi connectivity index (χ1v) is 6.39. The van der Waals surface area contributed by atoms with Crippen LogP contribution in [0.3, 0.4) is 0 Å². The Balaban J connectivity index is 2.17. The third kappa shape index (κ3) is 5.02. The van der Waals surface area contributed by atoms with Crippen LogP contribution in [0, 0.1) is 0 Å². The van der Waals surface area contributed by atoms with E-state index in [1.165, 1.54) is 0 Å². The Morgan fingerprint density at radius 3 is 2.88 bits per heavy atom. The Labute approximate surface area is 103 Å². The second-order valence-electron chi connectivity index (χ2n) is 4.19. The van der Waals surface area contributed by atoms with E-state index >= 15 is 0 Å². The van der Waals surface area contributed by atoms with E-state index < -0.39 is 0 Å². The minimum atomic E-state index is 0.0965. The monoisotopic (exact) mass is 244 g/mol. The van der Waals surface area contributed by atoms with Crippen molar-refractivity contribution in [1.82, 2.24) is 10.2 Å². The Bertz CT molecular complexity index is 224. The highest BCUT2D eigenvalue weighted by atomic mass is 16.5. The van der Waals surface area contributed by atoms with Crippen LogP contribution in [0.15, 0.2) is 0 Å². The average molecular weight is 244 g/mol. The summed E-state index contributed by atoms with van der Waals surface area (Å²) in [6.07, 6.45) is 2.18. The summed E-state index contributed by atoms with van der Waals surface area (Å²) >= 11 is 0. The molecule has 0 radical (unpaired) electrons. The van der Waals surface area contributed by atoms with Crippen molar-refractivity contribution in [3.63, 3.8) is 0 Å². The number of carbonyl (C=O) groups is 1. The zero-order valence-corrected chi connectivity index (χ0v) is 10.9. The Morgan fingerprint density at radius 1 is 1.41 bits per heavy atom. The summed E-state index contributed by atoms with van der Waals surface area (Å²) < 4.78 is 10.4. The molecule has 17 heavy (non-hydrogen) atoms. The first-order chi connectivity index (χ1) is 8.29. The molecule has 0 aliphatic carbocycles. The van der Waals surface area contributed by atoms with E-state index in [1.807, 2.05) is 18.9 Å². The van der Waals surface area contributed by atoms with Crippen LogP contribution in [-0.2, 0) is 14.3 Å². The lowest BCUT2D eigenvalue weighted by Gasteiger charge is -2.24. The molecule has 1 unspecified atom stereocenters. The quantitative estimate of drug-likeness (QED) is 0.622. The highest BCUT2D eigenvalue weighted by Crippen LogP contribution is 2.16. The van der Waals surface area contributed by atoms with E-state index in [0.717, 1.165) is 25.9 Å². The molecule has 0 saturated carbocycles. The topological polar surface area (TPSA) is 50.8 Å². The smallest absolute Gasteiger partial charge is 0.248 e. The van der Waals surface area contributed by atoms with Crippen molar-refractivity contribution >= 4 is 5.91 Å². The predicted molar refractivity (Wildman–Crippen MR) is 66.0 cm³/mol. The molecule has 0 bridgehead atoms. The predicted octanol–water partition coefficient (Wildman–Crippen LogP) is 0.250. The van der Waals surface area contributed by atoms with Crippen molar-refractivity contribution in [2.75, 3.05) is 46.6 Å². The van der Waals surface area contributed by atoms with Crippen molar-refractivity contribution < 1.29 is 14.3 Å². The number of carbonyl (C=O) groups excluding carboxylic acids is 1. The molecule has 5 nitrogen and oxygen atoms in total. The van der Waals surface area contributed by atoms with Crippen molar-refractivity contribution in [3.05, 3.63) is 0 Å². The van der Waals surface area contributed by atoms with Gasteiger partial charge in [-0.25, -0.2) is 0 Å². The van der Waals surface area contributed by atoms with Crippen molar-refractivity contribution in [1.29, 1.82) is 0 Å². The average Bonchev–Trinajstić information content (AvgIpc) is 2.77. The van der Waals surface area contributed by atoms with Crippen LogP contribution in [0.2, 0.25) is 0 Å². The first-order valence-electron chi connectivity index (χ1n) is 6.39. The number of ether oxygens (including phenoxy) is 2. The molecule has 1 atom stereocenters. The molecular weight excluding hydrogens is 220 g/mol. The van der Waals surface area contributed by atoms with Crippen LogP contribution < -0.4 is 5.32 Å². The normalized spacial score (nSPS) is 19.9. The molecule has 1 amide bonds. The fraction of sp³-hybridized carbons (Fsp3) is 0.917. The molecule has 0 aromatic heterocycles. The molecule has 0 aromatic carbocycles. The number of hydrogen-bond donors (Lipinski definition) is 1. The molecule has 1 heterocycles. The molecular formula is C12H24N2O3. The summed E-state index contributed by atoms with van der Waals surface area (Å²) in [5.41, 5.74) is 0. The lowest BCUT2D eigenvalue weighted by atomic mass is 10.2. The molecule has 1 rings (SSSR count). The standard InChI is InChI=1S/C12H24N2O3/c1-3-16-7-8-17-10-12(15)14-6-4-5-11(14)9-13-2/h11,13H,3-10H2,1-2H3. The van der Waals surface area contributed by atoms with E-state index in [4.69, 9.17) is 9.47 Å². The second kappa shape index (κ2) is 8.44. The summed E-state index contributed by atoms with van der Waals surface area (Å²) in [5, 5.41) is 3.12. The van der Waals surface area contributed by atoms with Gasteiger partial charge in [0.15, 0.2) is 0 Å². The highest BCUT2D eigenvalue weighted by molar-refractivity contribution is 5.78. The summed E-state index contributed by atoms with van der Waals surface area (Å²) in [7, 11) is 1.92. The minimum absolute atomic E-state index is 0.0965. The highest BCUT2D eigenvalue weighted by Gasteiger charge is 2.27. The molecule has 0 spiro atoms. The Kier molecular flexibility index (Phi) is 7.16. The zero-order chi connectivity index (χ0) is 12.5. The van der Waals surface area contributed by atoms with Crippen molar-refractivity contribution in [2.45, 2.75) is 25.8 Å². The number of hydrogen-bond acceptors (Lipinski definition) is 4. The SMILES string of the molecule is CCOCCOCC(=O)N1CCCC1CNC. The summed E-state index contributed by atoms with van der Waals surface area (Å²) in [6, 6.07) is 0.336. The van der Waals surface area contributed by atoms with Crippen molar-refractivity contribution in [2.24, 2.45) is 0 Å². The number of nitrogens with one attached hydrogen (secondary N) is 1. The van der Waals surface area contributed by atoms with Gasteiger partial charge in [-0.15, -0.1) is 0 Å². The summed E-state index contributed by atoms with van der Waals surface area (Å²) in [6.45, 7) is 5.58. The van der Waals surface area contributed by atoms with Gasteiger partial charge in [0.25, 0.3) is 0 Å². The third-order valence-corrected chi connectivity index (χ3v) is 2.94. The molecule has 1 aliphatic rings. The maximum absolute atomic E-state index is 11.9. The number of likely N-dealkylation sites (tertiary alicyclic amines) is 1. The lowest BCUT2D eigenvalue weighted by molar-refractivity contribution is -0.137. The largest absolute Gasteiger partial charge is 0.379 e. The first kappa shape index (κ1) is 14.4. The maximum Gasteiger partial charge on any atom is 0.248 e. The molecule has 1 N–H and O–H groups in total. The summed E-state index contributed by atoms with van der Waals surface area (Å²) in [4.78, 5) is 13.8. The van der Waals surface area contributed by atoms with Crippen LogP contribution in [0.4, 0.5) is 0 Å². The second-order valence-corrected chi connectivity index (χ2v) is 4.19. The van der Waals surface area contributed by atoms with E-state index in [0.29, 0.717) is 25.9 Å². The van der Waals surface area contributed by atoms with E-state index in [-0.39, 0.29) is 12.5 Å². The molecule has 1 fully saturated rings. The molecule has 1 aliphatic heterocycles. The zero-order valence-electron chi connectivity index (χ0n) is 10.9. The Hall–Kier alpha value is -0.650. The number of rotatable bonds is 8.